The lowest BCUT2D eigenvalue weighted by molar-refractivity contribution is -0.139. The van der Waals surface area contributed by atoms with Gasteiger partial charge in [-0.1, -0.05) is 49.6 Å². The van der Waals surface area contributed by atoms with Crippen LogP contribution < -0.4 is 10.1 Å². The molecule has 1 amide bonds. The van der Waals surface area contributed by atoms with Gasteiger partial charge in [-0.05, 0) is 84.6 Å². The summed E-state index contributed by atoms with van der Waals surface area (Å²) in [6.07, 6.45) is 7.42. The van der Waals surface area contributed by atoms with Crippen LogP contribution in [0.5, 0.6) is 11.5 Å². The zero-order valence-electron chi connectivity index (χ0n) is 26.3. The van der Waals surface area contributed by atoms with Gasteiger partial charge in [0.2, 0.25) is 0 Å². The fraction of sp³-hybridized carbons (Fsp3) is 0.237. The normalized spacial score (nSPS) is 14.0. The largest absolute Gasteiger partial charge is 0.508 e. The number of carboxylic acid groups (broad SMARTS) is 1. The monoisotopic (exact) mass is 664 g/mol. The number of H-pyrrole nitrogens is 1. The molecule has 9 nitrogen and oxygen atoms in total. The number of hydrogen-bond acceptors (Lipinski definition) is 5. The van der Waals surface area contributed by atoms with Crippen LogP contribution in [0.2, 0.25) is 0 Å². The average Bonchev–Trinajstić information content (AvgIpc) is 3.68. The number of nitrogens with one attached hydrogen (secondary N) is 2. The summed E-state index contributed by atoms with van der Waals surface area (Å²) in [6, 6.07) is 27.4. The molecule has 0 radical (unpaired) electrons. The van der Waals surface area contributed by atoms with Gasteiger partial charge in [0.15, 0.2) is 0 Å². The van der Waals surface area contributed by atoms with Crippen LogP contribution in [0, 0.1) is 0 Å². The number of imidazole rings is 1. The Balaban J connectivity index is 0.00000401. The maximum absolute atomic E-state index is 13.4. The number of fused-ring (bicyclic) bond motifs is 2. The fourth-order valence-corrected chi connectivity index (χ4v) is 6.59. The molecule has 1 atom stereocenters. The molecule has 0 spiro atoms. The summed E-state index contributed by atoms with van der Waals surface area (Å²) in [7, 11) is 0. The number of benzene rings is 4. The average molecular weight is 665 g/mol. The number of carboxylic acids is 1. The number of rotatable bonds is 10. The van der Waals surface area contributed by atoms with Crippen LogP contribution in [0.4, 0.5) is 0 Å². The van der Waals surface area contributed by atoms with Crippen molar-refractivity contribution >= 4 is 46.2 Å². The number of aliphatic carboxylic acids is 1. The maximum atomic E-state index is 13.4. The number of nitrogens with zero attached hydrogens (tertiary/aromatic N) is 2. The van der Waals surface area contributed by atoms with E-state index < -0.39 is 17.9 Å². The Morgan fingerprint density at radius 3 is 2.48 bits per heavy atom. The van der Waals surface area contributed by atoms with E-state index in [0.717, 1.165) is 59.4 Å². The molecule has 1 unspecified atom stereocenters. The van der Waals surface area contributed by atoms with Crippen molar-refractivity contribution in [3.8, 4) is 22.9 Å². The Morgan fingerprint density at radius 1 is 0.958 bits per heavy atom. The van der Waals surface area contributed by atoms with E-state index in [1.54, 1.807) is 36.5 Å². The topological polar surface area (TPSA) is 129 Å². The standard InChI is InChI=1S/C38H36N4O5.ClH/c43-29-14-17-32-31(21-29)27(22-39-32)20-34(38(45)46)41-37(44)26-13-18-35-33(19-26)40-36(42(35)28-9-5-2-6-10-28)25-11-15-30(16-12-25)47-23-24-7-3-1-4-8-24;/h1,3-4,7-8,11-19,21-22,28,34,39,43H,2,5-6,9-10,20,23H2,(H,41,44)(H,45,46);1H. The third kappa shape index (κ3) is 6.87. The zero-order chi connectivity index (χ0) is 32.3. The second kappa shape index (κ2) is 14.2. The molecular formula is C38H37ClN4O5. The molecule has 6 aromatic rings. The maximum Gasteiger partial charge on any atom is 0.326 e. The predicted molar refractivity (Wildman–Crippen MR) is 188 cm³/mol. The van der Waals surface area contributed by atoms with Gasteiger partial charge >= 0.3 is 5.97 Å². The molecule has 0 bridgehead atoms. The quantitative estimate of drug-likeness (QED) is 0.118. The van der Waals surface area contributed by atoms with Crippen molar-refractivity contribution in [2.75, 3.05) is 0 Å². The first-order chi connectivity index (χ1) is 22.9. The van der Waals surface area contributed by atoms with E-state index in [1.807, 2.05) is 60.7 Å². The minimum Gasteiger partial charge on any atom is -0.508 e. The molecule has 0 aliphatic heterocycles. The Bertz CT molecular complexity index is 2050. The van der Waals surface area contributed by atoms with E-state index in [9.17, 15) is 19.8 Å². The first-order valence-corrected chi connectivity index (χ1v) is 16.0. The lowest BCUT2D eigenvalue weighted by Crippen LogP contribution is -2.42. The summed E-state index contributed by atoms with van der Waals surface area (Å²) < 4.78 is 8.32. The number of ether oxygens (including phenoxy) is 1. The molecule has 1 aliphatic carbocycles. The van der Waals surface area contributed by atoms with Gasteiger partial charge in [-0.2, -0.15) is 0 Å². The highest BCUT2D eigenvalue weighted by Gasteiger charge is 2.25. The van der Waals surface area contributed by atoms with Crippen LogP contribution in [-0.2, 0) is 17.8 Å². The molecule has 2 aromatic heterocycles. The SMILES string of the molecule is Cl.O=C(NC(Cc1c[nH]c2ccc(O)cc12)C(=O)O)c1ccc2c(c1)nc(-c1ccc(OCc3ccccc3)cc1)n2C1CCCCC1. The molecule has 1 aliphatic rings. The van der Waals surface area contributed by atoms with E-state index in [0.29, 0.717) is 34.7 Å². The van der Waals surface area contributed by atoms with Gasteiger partial charge in [-0.25, -0.2) is 9.78 Å². The van der Waals surface area contributed by atoms with Crippen LogP contribution in [0.1, 0.15) is 59.6 Å². The van der Waals surface area contributed by atoms with Gasteiger partial charge in [-0.3, -0.25) is 4.79 Å². The Hall–Kier alpha value is -5.28. The molecule has 10 heteroatoms. The molecule has 48 heavy (non-hydrogen) atoms. The van der Waals surface area contributed by atoms with Crippen molar-refractivity contribution < 1.29 is 24.5 Å². The van der Waals surface area contributed by atoms with Crippen LogP contribution in [0.15, 0.2) is 97.2 Å². The fourth-order valence-electron chi connectivity index (χ4n) is 6.59. The number of phenolic OH excluding ortho intramolecular Hbond substituents is 1. The van der Waals surface area contributed by atoms with E-state index >= 15 is 0 Å². The minimum absolute atomic E-state index is 0. The summed E-state index contributed by atoms with van der Waals surface area (Å²) >= 11 is 0. The predicted octanol–water partition coefficient (Wildman–Crippen LogP) is 7.82. The summed E-state index contributed by atoms with van der Waals surface area (Å²) in [6.45, 7) is 0.486. The highest BCUT2D eigenvalue weighted by Crippen LogP contribution is 2.36. The van der Waals surface area contributed by atoms with Gasteiger partial charge in [0.05, 0.1) is 11.0 Å². The summed E-state index contributed by atoms with van der Waals surface area (Å²) in [5.41, 5.74) is 5.49. The molecule has 4 N–H and O–H groups in total. The lowest BCUT2D eigenvalue weighted by Gasteiger charge is -2.25. The molecule has 246 valence electrons. The van der Waals surface area contributed by atoms with Gasteiger partial charge in [0, 0.05) is 40.7 Å². The van der Waals surface area contributed by atoms with Crippen molar-refractivity contribution in [2.24, 2.45) is 0 Å². The summed E-state index contributed by atoms with van der Waals surface area (Å²) in [4.78, 5) is 33.8. The van der Waals surface area contributed by atoms with E-state index in [-0.39, 0.29) is 24.6 Å². The van der Waals surface area contributed by atoms with Gasteiger partial charge in [0.1, 0.15) is 30.0 Å². The molecule has 1 fully saturated rings. The number of amides is 1. The van der Waals surface area contributed by atoms with Crippen molar-refractivity contribution in [3.63, 3.8) is 0 Å². The number of carbonyl (C=O) groups is 2. The Labute approximate surface area is 284 Å². The molecule has 4 aromatic carbocycles. The second-order valence-electron chi connectivity index (χ2n) is 12.2. The van der Waals surface area contributed by atoms with Crippen molar-refractivity contribution in [3.05, 3.63) is 114 Å². The number of aromatic nitrogens is 3. The molecule has 2 heterocycles. The number of hydrogen-bond donors (Lipinski definition) is 4. The van der Waals surface area contributed by atoms with E-state index in [1.165, 1.54) is 6.42 Å². The van der Waals surface area contributed by atoms with Gasteiger partial charge in [-0.15, -0.1) is 12.4 Å². The number of carbonyl (C=O) groups excluding carboxylic acids is 1. The van der Waals surface area contributed by atoms with Crippen LogP contribution in [-0.4, -0.2) is 42.7 Å². The van der Waals surface area contributed by atoms with Crippen LogP contribution in [0.25, 0.3) is 33.3 Å². The molecule has 1 saturated carbocycles. The second-order valence-corrected chi connectivity index (χ2v) is 12.2. The highest BCUT2D eigenvalue weighted by molar-refractivity contribution is 6.00. The zero-order valence-corrected chi connectivity index (χ0v) is 27.1. The van der Waals surface area contributed by atoms with Crippen molar-refractivity contribution in [1.82, 2.24) is 19.9 Å². The first kappa shape index (κ1) is 32.7. The highest BCUT2D eigenvalue weighted by atomic mass is 35.5. The smallest absolute Gasteiger partial charge is 0.326 e. The van der Waals surface area contributed by atoms with Gasteiger partial charge < -0.3 is 29.8 Å². The number of halogens is 1. The first-order valence-electron chi connectivity index (χ1n) is 16.0. The van der Waals surface area contributed by atoms with Crippen molar-refractivity contribution in [2.45, 2.75) is 57.2 Å². The van der Waals surface area contributed by atoms with E-state index in [4.69, 9.17) is 9.72 Å². The Kier molecular flexibility index (Phi) is 9.68. The minimum atomic E-state index is -1.17. The summed E-state index contributed by atoms with van der Waals surface area (Å²) in [5, 5.41) is 23.3. The van der Waals surface area contributed by atoms with Crippen LogP contribution in [0.3, 0.4) is 0 Å². The molecule has 0 saturated heterocycles. The number of phenols is 1. The van der Waals surface area contributed by atoms with Gasteiger partial charge in [0.25, 0.3) is 5.91 Å². The summed E-state index contributed by atoms with van der Waals surface area (Å²) in [5.74, 6) is 0.0611. The third-order valence-electron chi connectivity index (χ3n) is 9.03. The number of aromatic hydroxyl groups is 1. The molecule has 7 rings (SSSR count). The molecular weight excluding hydrogens is 628 g/mol. The van der Waals surface area contributed by atoms with E-state index in [2.05, 4.69) is 14.9 Å². The Morgan fingerprint density at radius 2 is 1.73 bits per heavy atom. The lowest BCUT2D eigenvalue weighted by atomic mass is 9.94. The van der Waals surface area contributed by atoms with Crippen molar-refractivity contribution in [1.29, 1.82) is 0 Å². The third-order valence-corrected chi connectivity index (χ3v) is 9.03. The number of aromatic amines is 1. The van der Waals surface area contributed by atoms with Crippen LogP contribution >= 0.6 is 12.4 Å².